The van der Waals surface area contributed by atoms with Crippen LogP contribution in [0, 0.1) is 0 Å². The summed E-state index contributed by atoms with van der Waals surface area (Å²) in [4.78, 5) is 11.4. The molecule has 0 aromatic carbocycles. The maximum absolute atomic E-state index is 11.4. The van der Waals surface area contributed by atoms with Gasteiger partial charge >= 0.3 is 14.9 Å². The van der Waals surface area contributed by atoms with Crippen molar-refractivity contribution in [2.45, 2.75) is 38.8 Å². The molecule has 0 aromatic rings. The first kappa shape index (κ1) is 17.4. The van der Waals surface area contributed by atoms with Crippen LogP contribution in [0.5, 0.6) is 0 Å². The first-order chi connectivity index (χ1) is 8.28. The highest BCUT2D eigenvalue weighted by Gasteiger charge is 2.37. The molecule has 0 unspecified atom stereocenters. The Balaban J connectivity index is 3.89. The smallest absolute Gasteiger partial charge is 0.450 e. The number of amides is 1. The van der Waals surface area contributed by atoms with Crippen molar-refractivity contribution in [2.24, 2.45) is 0 Å². The summed E-state index contributed by atoms with van der Waals surface area (Å²) >= 11 is 0. The molecule has 0 radical (unpaired) electrons. The van der Waals surface area contributed by atoms with E-state index in [2.05, 4.69) is 5.32 Å². The van der Waals surface area contributed by atoms with Crippen LogP contribution in [0.3, 0.4) is 0 Å². The lowest BCUT2D eigenvalue weighted by atomic mass is 10.1. The van der Waals surface area contributed by atoms with E-state index in [1.807, 2.05) is 20.8 Å². The monoisotopic (exact) mass is 279 g/mol. The van der Waals surface area contributed by atoms with Crippen LogP contribution in [0.25, 0.3) is 0 Å². The summed E-state index contributed by atoms with van der Waals surface area (Å²) < 4.78 is 20.8. The zero-order chi connectivity index (χ0) is 14.2. The van der Waals surface area contributed by atoms with Crippen LogP contribution in [0.15, 0.2) is 0 Å². The summed E-state index contributed by atoms with van der Waals surface area (Å²) in [6, 6.07) is 0.610. The number of carbonyl (C=O) groups is 1. The third-order valence-corrected chi connectivity index (χ3v) is 5.10. The molecule has 0 bridgehead atoms. The van der Waals surface area contributed by atoms with E-state index in [0.717, 1.165) is 0 Å². The van der Waals surface area contributed by atoms with E-state index in [0.29, 0.717) is 19.1 Å². The van der Waals surface area contributed by atoms with Gasteiger partial charge in [0, 0.05) is 32.9 Å². The Bertz CT molecular complexity index is 242. The van der Waals surface area contributed by atoms with Gasteiger partial charge in [-0.2, -0.15) is 0 Å². The predicted octanol–water partition coefficient (Wildman–Crippen LogP) is 1.78. The number of nitrogens with one attached hydrogen (secondary N) is 1. The van der Waals surface area contributed by atoms with Crippen LogP contribution < -0.4 is 5.32 Å². The van der Waals surface area contributed by atoms with Crippen molar-refractivity contribution >= 4 is 14.9 Å². The van der Waals surface area contributed by atoms with E-state index in [4.69, 9.17) is 18.0 Å². The lowest BCUT2D eigenvalue weighted by Crippen LogP contribution is -2.43. The summed E-state index contributed by atoms with van der Waals surface area (Å²) in [6.07, 6.45) is 0.223. The first-order valence-electron chi connectivity index (χ1n) is 5.89. The van der Waals surface area contributed by atoms with Gasteiger partial charge in [-0.05, 0) is 27.2 Å². The van der Waals surface area contributed by atoms with E-state index >= 15 is 0 Å². The minimum Gasteiger partial charge on any atom is -0.450 e. The molecule has 0 aliphatic heterocycles. The number of carbonyl (C=O) groups excluding carboxylic acids is 1. The molecule has 108 valence electrons. The van der Waals surface area contributed by atoms with Crippen molar-refractivity contribution in [2.75, 3.05) is 27.9 Å². The van der Waals surface area contributed by atoms with Crippen LogP contribution in [-0.4, -0.2) is 48.4 Å². The Hall–Kier alpha value is -0.633. The summed E-state index contributed by atoms with van der Waals surface area (Å²) in [5.41, 5.74) is -0.290. The van der Waals surface area contributed by atoms with Crippen molar-refractivity contribution in [1.82, 2.24) is 5.32 Å². The third-order valence-electron chi connectivity index (χ3n) is 2.27. The summed E-state index contributed by atoms with van der Waals surface area (Å²) in [6.45, 7) is 6.00. The molecular formula is C11H25NO5Si. The second kappa shape index (κ2) is 7.73. The number of hydrogen-bond donors (Lipinski definition) is 1. The average Bonchev–Trinajstić information content (AvgIpc) is 2.28. The largest absolute Gasteiger partial charge is 0.500 e. The maximum Gasteiger partial charge on any atom is 0.500 e. The van der Waals surface area contributed by atoms with Gasteiger partial charge in [0.1, 0.15) is 0 Å². The summed E-state index contributed by atoms with van der Waals surface area (Å²) in [7, 11) is 2.14. The molecule has 0 atom stereocenters. The van der Waals surface area contributed by atoms with Crippen molar-refractivity contribution in [1.29, 1.82) is 0 Å². The average molecular weight is 279 g/mol. The standard InChI is InChI=1S/C11H25NO5Si/c1-11(2,3)12-10(13)17-8-7-9-18(14-4,15-5)16-6/h7-9H2,1-6H3,(H,12,13). The zero-order valence-electron chi connectivity index (χ0n) is 12.2. The van der Waals surface area contributed by atoms with Crippen LogP contribution in [-0.2, 0) is 18.0 Å². The fraction of sp³-hybridized carbons (Fsp3) is 0.909. The van der Waals surface area contributed by atoms with Gasteiger partial charge in [0.05, 0.1) is 6.61 Å². The van der Waals surface area contributed by atoms with Crippen LogP contribution in [0.2, 0.25) is 6.04 Å². The van der Waals surface area contributed by atoms with Gasteiger partial charge in [-0.1, -0.05) is 0 Å². The lowest BCUT2D eigenvalue weighted by Gasteiger charge is -2.24. The van der Waals surface area contributed by atoms with E-state index in [1.54, 1.807) is 21.3 Å². The summed E-state index contributed by atoms with van der Waals surface area (Å²) in [5.74, 6) is 0. The van der Waals surface area contributed by atoms with Crippen molar-refractivity contribution in [3.8, 4) is 0 Å². The van der Waals surface area contributed by atoms with Gasteiger partial charge in [-0.3, -0.25) is 0 Å². The molecule has 0 fully saturated rings. The molecule has 0 heterocycles. The van der Waals surface area contributed by atoms with Gasteiger partial charge in [0.15, 0.2) is 0 Å². The second-order valence-electron chi connectivity index (χ2n) is 4.91. The van der Waals surface area contributed by atoms with Crippen LogP contribution >= 0.6 is 0 Å². The van der Waals surface area contributed by atoms with E-state index in [1.165, 1.54) is 0 Å². The zero-order valence-corrected chi connectivity index (χ0v) is 13.2. The molecule has 0 rings (SSSR count). The van der Waals surface area contributed by atoms with Crippen molar-refractivity contribution in [3.63, 3.8) is 0 Å². The molecule has 6 nitrogen and oxygen atoms in total. The summed E-state index contributed by atoms with van der Waals surface area (Å²) in [5, 5.41) is 2.72. The van der Waals surface area contributed by atoms with E-state index in [-0.39, 0.29) is 5.54 Å². The molecule has 0 saturated heterocycles. The molecule has 0 saturated carbocycles. The van der Waals surface area contributed by atoms with E-state index < -0.39 is 14.9 Å². The fourth-order valence-corrected chi connectivity index (χ4v) is 3.04. The Kier molecular flexibility index (Phi) is 7.45. The third kappa shape index (κ3) is 6.95. The van der Waals surface area contributed by atoms with Gasteiger partial charge in [-0.15, -0.1) is 0 Å². The van der Waals surface area contributed by atoms with Crippen LogP contribution in [0.1, 0.15) is 27.2 Å². The minimum atomic E-state index is -2.55. The topological polar surface area (TPSA) is 66.0 Å². The normalized spacial score (nSPS) is 12.3. The molecule has 1 N–H and O–H groups in total. The van der Waals surface area contributed by atoms with Gasteiger partial charge in [-0.25, -0.2) is 4.79 Å². The maximum atomic E-state index is 11.4. The molecule has 18 heavy (non-hydrogen) atoms. The molecule has 0 aliphatic carbocycles. The highest BCUT2D eigenvalue weighted by molar-refractivity contribution is 6.60. The fourth-order valence-electron chi connectivity index (χ4n) is 1.35. The molecule has 1 amide bonds. The van der Waals surface area contributed by atoms with Crippen molar-refractivity contribution in [3.05, 3.63) is 0 Å². The highest BCUT2D eigenvalue weighted by Crippen LogP contribution is 2.14. The van der Waals surface area contributed by atoms with Crippen molar-refractivity contribution < 1.29 is 22.8 Å². The molecule has 0 aromatic heterocycles. The van der Waals surface area contributed by atoms with Gasteiger partial charge in [0.25, 0.3) is 0 Å². The SMILES string of the molecule is CO[Si](CCCOC(=O)NC(C)(C)C)(OC)OC. The molecule has 0 aliphatic rings. The Morgan fingerprint density at radius 3 is 2.00 bits per heavy atom. The Labute approximate surface area is 110 Å². The van der Waals surface area contributed by atoms with Gasteiger partial charge in [0.2, 0.25) is 0 Å². The number of ether oxygens (including phenoxy) is 1. The second-order valence-corrected chi connectivity index (χ2v) is 8.00. The molecule has 0 spiro atoms. The first-order valence-corrected chi connectivity index (χ1v) is 7.82. The number of rotatable bonds is 7. The lowest BCUT2D eigenvalue weighted by molar-refractivity contribution is 0.113. The Morgan fingerprint density at radius 1 is 1.11 bits per heavy atom. The predicted molar refractivity (Wildman–Crippen MR) is 70.4 cm³/mol. The number of alkyl carbamates (subject to hydrolysis) is 1. The highest BCUT2D eigenvalue weighted by atomic mass is 28.4. The van der Waals surface area contributed by atoms with E-state index in [9.17, 15) is 4.79 Å². The Morgan fingerprint density at radius 2 is 1.61 bits per heavy atom. The van der Waals surface area contributed by atoms with Crippen LogP contribution in [0.4, 0.5) is 4.79 Å². The molecular weight excluding hydrogens is 254 g/mol. The minimum absolute atomic E-state index is 0.290. The van der Waals surface area contributed by atoms with Gasteiger partial charge < -0.3 is 23.3 Å². The quantitative estimate of drug-likeness (QED) is 0.568. The molecule has 7 heteroatoms. The number of hydrogen-bond acceptors (Lipinski definition) is 5.